The smallest absolute Gasteiger partial charge is 0.164 e. The van der Waals surface area contributed by atoms with Crippen molar-refractivity contribution in [3.05, 3.63) is 41.3 Å². The Kier molecular flexibility index (Phi) is 6.63. The maximum absolute atomic E-state index is 5.93. The lowest BCUT2D eigenvalue weighted by Crippen LogP contribution is -2.33. The van der Waals surface area contributed by atoms with Gasteiger partial charge in [0.2, 0.25) is 0 Å². The number of ether oxygens (including phenoxy) is 3. The first kappa shape index (κ1) is 19.6. The first-order valence-electron chi connectivity index (χ1n) is 9.46. The third-order valence-corrected chi connectivity index (χ3v) is 5.11. The molecule has 2 heterocycles. The van der Waals surface area contributed by atoms with E-state index in [1.165, 1.54) is 12.8 Å². The van der Waals surface area contributed by atoms with E-state index in [9.17, 15) is 0 Å². The molecule has 1 unspecified atom stereocenters. The monoisotopic (exact) mass is 374 g/mol. The van der Waals surface area contributed by atoms with Crippen LogP contribution in [0.4, 0.5) is 0 Å². The summed E-state index contributed by atoms with van der Waals surface area (Å²) in [7, 11) is 4.94. The zero-order chi connectivity index (χ0) is 19.2. The number of benzene rings is 1. The number of nitrogens with one attached hydrogen (secondary N) is 1. The maximum Gasteiger partial charge on any atom is 0.164 e. The number of likely N-dealkylation sites (tertiary alicyclic amines) is 1. The van der Waals surface area contributed by atoms with Crippen LogP contribution in [0.3, 0.4) is 0 Å². The number of hydrogen-bond acceptors (Lipinski definition) is 6. The molecule has 3 rings (SSSR count). The molecule has 1 atom stereocenters. The molecule has 0 bridgehead atoms. The lowest BCUT2D eigenvalue weighted by atomic mass is 10.1. The predicted molar refractivity (Wildman–Crippen MR) is 105 cm³/mol. The average molecular weight is 374 g/mol. The van der Waals surface area contributed by atoms with Crippen molar-refractivity contribution < 1.29 is 18.6 Å². The van der Waals surface area contributed by atoms with Crippen molar-refractivity contribution in [3.63, 3.8) is 0 Å². The quantitative estimate of drug-likeness (QED) is 0.725. The molecule has 2 aromatic rings. The molecule has 27 heavy (non-hydrogen) atoms. The Balaban J connectivity index is 1.71. The van der Waals surface area contributed by atoms with Crippen LogP contribution >= 0.6 is 0 Å². The topological polar surface area (TPSA) is 56.1 Å². The summed E-state index contributed by atoms with van der Waals surface area (Å²) in [5.41, 5.74) is 1.03. The van der Waals surface area contributed by atoms with Crippen molar-refractivity contribution in [2.24, 2.45) is 0 Å². The second kappa shape index (κ2) is 9.15. The van der Waals surface area contributed by atoms with E-state index in [1.807, 2.05) is 25.1 Å². The second-order valence-electron chi connectivity index (χ2n) is 6.86. The molecule has 0 radical (unpaired) electrons. The molecule has 1 fully saturated rings. The summed E-state index contributed by atoms with van der Waals surface area (Å²) < 4.78 is 22.2. The van der Waals surface area contributed by atoms with Crippen LogP contribution < -0.4 is 19.5 Å². The number of hydrogen-bond donors (Lipinski definition) is 1. The third kappa shape index (κ3) is 4.57. The zero-order valence-corrected chi connectivity index (χ0v) is 16.7. The molecule has 148 valence electrons. The van der Waals surface area contributed by atoms with Gasteiger partial charge >= 0.3 is 0 Å². The minimum atomic E-state index is 0.243. The van der Waals surface area contributed by atoms with Crippen LogP contribution in [0.25, 0.3) is 0 Å². The summed E-state index contributed by atoms with van der Waals surface area (Å²) in [4.78, 5) is 2.50. The molecule has 0 amide bonds. The van der Waals surface area contributed by atoms with E-state index >= 15 is 0 Å². The van der Waals surface area contributed by atoms with E-state index in [0.29, 0.717) is 18.0 Å². The Morgan fingerprint density at radius 1 is 1.00 bits per heavy atom. The number of aryl methyl sites for hydroxylation is 1. The van der Waals surface area contributed by atoms with Crippen LogP contribution in [0.2, 0.25) is 0 Å². The van der Waals surface area contributed by atoms with E-state index < -0.39 is 0 Å². The first-order chi connectivity index (χ1) is 13.2. The predicted octanol–water partition coefficient (Wildman–Crippen LogP) is 3.54. The van der Waals surface area contributed by atoms with Crippen molar-refractivity contribution in [2.75, 3.05) is 41.0 Å². The highest BCUT2D eigenvalue weighted by Gasteiger charge is 2.25. The fourth-order valence-electron chi connectivity index (χ4n) is 3.67. The lowest BCUT2D eigenvalue weighted by molar-refractivity contribution is 0.207. The number of rotatable bonds is 9. The van der Waals surface area contributed by atoms with Crippen LogP contribution in [0, 0.1) is 6.92 Å². The second-order valence-corrected chi connectivity index (χ2v) is 6.86. The van der Waals surface area contributed by atoms with Gasteiger partial charge in [0.1, 0.15) is 17.3 Å². The van der Waals surface area contributed by atoms with Gasteiger partial charge in [-0.3, -0.25) is 4.90 Å². The summed E-state index contributed by atoms with van der Waals surface area (Å²) in [6.45, 7) is 5.71. The fraction of sp³-hybridized carbons (Fsp3) is 0.524. The molecule has 1 aromatic carbocycles. The van der Waals surface area contributed by atoms with Gasteiger partial charge in [-0.2, -0.15) is 0 Å². The minimum Gasteiger partial charge on any atom is -0.496 e. The van der Waals surface area contributed by atoms with Gasteiger partial charge in [-0.25, -0.2) is 0 Å². The molecule has 1 aromatic heterocycles. The van der Waals surface area contributed by atoms with Gasteiger partial charge in [-0.05, 0) is 51.1 Å². The van der Waals surface area contributed by atoms with Crippen LogP contribution in [-0.2, 0) is 6.54 Å². The van der Waals surface area contributed by atoms with Crippen molar-refractivity contribution in [1.29, 1.82) is 0 Å². The van der Waals surface area contributed by atoms with Crippen molar-refractivity contribution in [1.82, 2.24) is 10.2 Å². The number of methoxy groups -OCH3 is 3. The van der Waals surface area contributed by atoms with E-state index in [-0.39, 0.29) is 6.04 Å². The zero-order valence-electron chi connectivity index (χ0n) is 16.7. The van der Waals surface area contributed by atoms with Crippen LogP contribution in [0.1, 0.15) is 36.0 Å². The number of nitrogens with zero attached hydrogens (tertiary/aromatic N) is 1. The highest BCUT2D eigenvalue weighted by Crippen LogP contribution is 2.34. The van der Waals surface area contributed by atoms with Crippen molar-refractivity contribution >= 4 is 0 Å². The van der Waals surface area contributed by atoms with Crippen molar-refractivity contribution in [2.45, 2.75) is 32.4 Å². The molecular formula is C21H30N2O4. The molecule has 0 aliphatic carbocycles. The fourth-order valence-corrected chi connectivity index (χ4v) is 3.67. The Morgan fingerprint density at radius 2 is 1.67 bits per heavy atom. The molecule has 6 nitrogen and oxygen atoms in total. The Labute approximate surface area is 161 Å². The van der Waals surface area contributed by atoms with Crippen LogP contribution in [-0.4, -0.2) is 45.9 Å². The van der Waals surface area contributed by atoms with Gasteiger partial charge in [-0.1, -0.05) is 0 Å². The molecular weight excluding hydrogens is 344 g/mol. The van der Waals surface area contributed by atoms with E-state index in [1.54, 1.807) is 21.3 Å². The van der Waals surface area contributed by atoms with Crippen LogP contribution in [0.15, 0.2) is 28.7 Å². The Bertz CT molecular complexity index is 738. The van der Waals surface area contributed by atoms with E-state index in [0.717, 1.165) is 42.5 Å². The van der Waals surface area contributed by atoms with Gasteiger partial charge < -0.3 is 23.9 Å². The normalized spacial score (nSPS) is 15.7. The molecule has 6 heteroatoms. The Hall–Kier alpha value is -2.18. The highest BCUT2D eigenvalue weighted by atomic mass is 16.5. The third-order valence-electron chi connectivity index (χ3n) is 5.11. The molecule has 0 spiro atoms. The summed E-state index contributed by atoms with van der Waals surface area (Å²) in [6, 6.07) is 8.20. The standard InChI is InChI=1S/C21H30N2O4/c1-15-7-8-18(27-15)17(23-9-5-6-10-23)14-22-13-16-11-20(25-3)21(26-4)12-19(16)24-2/h7-8,11-12,17,22H,5-6,9-10,13-14H2,1-4H3. The van der Waals surface area contributed by atoms with Gasteiger partial charge in [-0.15, -0.1) is 0 Å². The Morgan fingerprint density at radius 3 is 2.26 bits per heavy atom. The minimum absolute atomic E-state index is 0.243. The molecule has 1 saturated heterocycles. The highest BCUT2D eigenvalue weighted by molar-refractivity contribution is 5.50. The lowest BCUT2D eigenvalue weighted by Gasteiger charge is -2.26. The van der Waals surface area contributed by atoms with E-state index in [4.69, 9.17) is 18.6 Å². The molecule has 1 N–H and O–H groups in total. The van der Waals surface area contributed by atoms with Crippen molar-refractivity contribution in [3.8, 4) is 17.2 Å². The average Bonchev–Trinajstić information content (AvgIpc) is 3.36. The maximum atomic E-state index is 5.93. The summed E-state index contributed by atoms with van der Waals surface area (Å²) in [5.74, 6) is 4.13. The van der Waals surface area contributed by atoms with Gasteiger partial charge in [0, 0.05) is 24.7 Å². The largest absolute Gasteiger partial charge is 0.496 e. The number of furan rings is 1. The SMILES string of the molecule is COc1cc(OC)c(OC)cc1CNCC(c1ccc(C)o1)N1CCCC1. The van der Waals surface area contributed by atoms with Gasteiger partial charge in [0.05, 0.1) is 27.4 Å². The first-order valence-corrected chi connectivity index (χ1v) is 9.46. The molecule has 0 saturated carbocycles. The van der Waals surface area contributed by atoms with Crippen LogP contribution in [0.5, 0.6) is 17.2 Å². The molecule has 1 aliphatic rings. The van der Waals surface area contributed by atoms with Gasteiger partial charge in [0.25, 0.3) is 0 Å². The summed E-state index contributed by atoms with van der Waals surface area (Å²) >= 11 is 0. The molecule has 1 aliphatic heterocycles. The summed E-state index contributed by atoms with van der Waals surface area (Å²) in [5, 5.41) is 3.57. The van der Waals surface area contributed by atoms with Gasteiger partial charge in [0.15, 0.2) is 11.5 Å². The summed E-state index contributed by atoms with van der Waals surface area (Å²) in [6.07, 6.45) is 2.50. The van der Waals surface area contributed by atoms with E-state index in [2.05, 4.69) is 16.3 Å².